The summed E-state index contributed by atoms with van der Waals surface area (Å²) in [6, 6.07) is 3.94. The molecule has 0 bridgehead atoms. The molecule has 1 aromatic carbocycles. The van der Waals surface area contributed by atoms with Crippen molar-refractivity contribution in [1.29, 1.82) is 0 Å². The van der Waals surface area contributed by atoms with E-state index in [0.717, 1.165) is 43.5 Å². The first-order valence-corrected chi connectivity index (χ1v) is 11.0. The number of ether oxygens (including phenoxy) is 1. The van der Waals surface area contributed by atoms with Crippen molar-refractivity contribution in [2.45, 2.75) is 83.7 Å². The van der Waals surface area contributed by atoms with Crippen molar-refractivity contribution in [3.63, 3.8) is 0 Å². The van der Waals surface area contributed by atoms with Gasteiger partial charge in [0.15, 0.2) is 0 Å². The zero-order valence-corrected chi connectivity index (χ0v) is 17.9. The molecule has 0 aromatic heterocycles. The summed E-state index contributed by atoms with van der Waals surface area (Å²) in [5.41, 5.74) is -0.698. The van der Waals surface area contributed by atoms with Gasteiger partial charge in [0.05, 0.1) is 18.6 Å². The highest BCUT2D eigenvalue weighted by atomic mass is 19.4. The molecule has 0 aliphatic heterocycles. The van der Waals surface area contributed by atoms with E-state index in [1.54, 1.807) is 0 Å². The highest BCUT2D eigenvalue weighted by Gasteiger charge is 2.30. The van der Waals surface area contributed by atoms with Crippen LogP contribution in [0.25, 0.3) is 0 Å². The minimum atomic E-state index is -4.44. The van der Waals surface area contributed by atoms with Gasteiger partial charge in [0.2, 0.25) is 0 Å². The van der Waals surface area contributed by atoms with Crippen LogP contribution in [0.15, 0.2) is 24.3 Å². The van der Waals surface area contributed by atoms with Gasteiger partial charge < -0.3 is 10.1 Å². The number of benzene rings is 1. The van der Waals surface area contributed by atoms with E-state index >= 15 is 0 Å². The second-order valence-electron chi connectivity index (χ2n) is 7.48. The molecule has 0 heterocycles. The lowest BCUT2D eigenvalue weighted by Gasteiger charge is -2.08. The van der Waals surface area contributed by atoms with Crippen LogP contribution in [0.4, 0.5) is 13.2 Å². The van der Waals surface area contributed by atoms with Crippen LogP contribution in [0.1, 0.15) is 93.5 Å². The number of alkyl halides is 3. The second-order valence-corrected chi connectivity index (χ2v) is 7.48. The SMILES string of the molecule is CCCCCCCCCCCCOC(=O)CCNC(=O)c1ccc(C(F)(F)F)cc1. The minimum absolute atomic E-state index is 0.0319. The number of nitrogens with one attached hydrogen (secondary N) is 1. The Morgan fingerprint density at radius 2 is 1.40 bits per heavy atom. The fourth-order valence-electron chi connectivity index (χ4n) is 3.04. The van der Waals surface area contributed by atoms with Crippen LogP contribution < -0.4 is 5.32 Å². The summed E-state index contributed by atoms with van der Waals surface area (Å²) in [6.45, 7) is 2.67. The molecule has 0 radical (unpaired) electrons. The van der Waals surface area contributed by atoms with Gasteiger partial charge in [-0.05, 0) is 30.7 Å². The van der Waals surface area contributed by atoms with Crippen molar-refractivity contribution < 1.29 is 27.5 Å². The predicted octanol–water partition coefficient (Wildman–Crippen LogP) is 6.29. The Kier molecular flexibility index (Phi) is 12.9. The Morgan fingerprint density at radius 1 is 0.867 bits per heavy atom. The van der Waals surface area contributed by atoms with E-state index in [1.165, 1.54) is 44.9 Å². The summed E-state index contributed by atoms with van der Waals surface area (Å²) >= 11 is 0. The van der Waals surface area contributed by atoms with E-state index in [0.29, 0.717) is 6.61 Å². The van der Waals surface area contributed by atoms with Crippen molar-refractivity contribution >= 4 is 11.9 Å². The largest absolute Gasteiger partial charge is 0.466 e. The molecule has 0 aliphatic rings. The number of amides is 1. The number of rotatable bonds is 15. The fourth-order valence-corrected chi connectivity index (χ4v) is 3.04. The van der Waals surface area contributed by atoms with Crippen LogP contribution in [0.2, 0.25) is 0 Å². The number of unbranched alkanes of at least 4 members (excludes halogenated alkanes) is 9. The smallest absolute Gasteiger partial charge is 0.416 e. The van der Waals surface area contributed by atoms with Gasteiger partial charge >= 0.3 is 12.1 Å². The number of esters is 1. The third kappa shape index (κ3) is 11.8. The Hall–Kier alpha value is -2.05. The number of hydrogen-bond donors (Lipinski definition) is 1. The van der Waals surface area contributed by atoms with E-state index in [4.69, 9.17) is 4.74 Å². The summed E-state index contributed by atoms with van der Waals surface area (Å²) in [5, 5.41) is 2.51. The zero-order valence-electron chi connectivity index (χ0n) is 17.9. The Labute approximate surface area is 177 Å². The number of carbonyl (C=O) groups excluding carboxylic acids is 2. The van der Waals surface area contributed by atoms with Crippen LogP contribution in [0.5, 0.6) is 0 Å². The highest BCUT2D eigenvalue weighted by molar-refractivity contribution is 5.94. The lowest BCUT2D eigenvalue weighted by atomic mass is 10.1. The maximum atomic E-state index is 12.5. The quantitative estimate of drug-likeness (QED) is 0.263. The third-order valence-electron chi connectivity index (χ3n) is 4.85. The van der Waals surface area contributed by atoms with Gasteiger partial charge in [-0.25, -0.2) is 0 Å². The Bertz CT molecular complexity index is 615. The average Bonchev–Trinajstić information content (AvgIpc) is 2.71. The van der Waals surface area contributed by atoms with Crippen LogP contribution >= 0.6 is 0 Å². The van der Waals surface area contributed by atoms with Gasteiger partial charge in [-0.15, -0.1) is 0 Å². The maximum absolute atomic E-state index is 12.5. The van der Waals surface area contributed by atoms with Crippen LogP contribution in [-0.2, 0) is 15.7 Å². The fraction of sp³-hybridized carbons (Fsp3) is 0.652. The Balaban J connectivity index is 2.03. The van der Waals surface area contributed by atoms with E-state index in [2.05, 4.69) is 12.2 Å². The monoisotopic (exact) mass is 429 g/mol. The molecule has 0 atom stereocenters. The van der Waals surface area contributed by atoms with E-state index in [9.17, 15) is 22.8 Å². The van der Waals surface area contributed by atoms with Crippen molar-refractivity contribution in [2.75, 3.05) is 13.2 Å². The normalized spacial score (nSPS) is 11.3. The molecule has 1 amide bonds. The lowest BCUT2D eigenvalue weighted by Crippen LogP contribution is -2.26. The zero-order chi connectivity index (χ0) is 22.2. The summed E-state index contributed by atoms with van der Waals surface area (Å²) in [7, 11) is 0. The first-order chi connectivity index (χ1) is 14.3. The molecule has 7 heteroatoms. The van der Waals surface area contributed by atoms with Gasteiger partial charge in [0, 0.05) is 12.1 Å². The molecule has 0 fully saturated rings. The van der Waals surface area contributed by atoms with Crippen molar-refractivity contribution in [3.8, 4) is 0 Å². The average molecular weight is 430 g/mol. The molecular weight excluding hydrogens is 395 g/mol. The summed E-state index contributed by atoms with van der Waals surface area (Å²) in [6.07, 6.45) is 7.63. The minimum Gasteiger partial charge on any atom is -0.466 e. The first-order valence-electron chi connectivity index (χ1n) is 11.0. The molecule has 170 valence electrons. The maximum Gasteiger partial charge on any atom is 0.416 e. The number of hydrogen-bond acceptors (Lipinski definition) is 3. The molecule has 0 spiro atoms. The molecule has 4 nitrogen and oxygen atoms in total. The van der Waals surface area contributed by atoms with Crippen molar-refractivity contribution in [2.24, 2.45) is 0 Å². The standard InChI is InChI=1S/C23H34F3NO3/c1-2-3-4-5-6-7-8-9-10-11-18-30-21(28)16-17-27-22(29)19-12-14-20(15-13-19)23(24,25)26/h12-15H,2-11,16-18H2,1H3,(H,27,29). The lowest BCUT2D eigenvalue weighted by molar-refractivity contribution is -0.143. The molecule has 0 aliphatic carbocycles. The molecule has 0 saturated carbocycles. The van der Waals surface area contributed by atoms with E-state index < -0.39 is 23.6 Å². The van der Waals surface area contributed by atoms with E-state index in [1.807, 2.05) is 0 Å². The van der Waals surface area contributed by atoms with Gasteiger partial charge in [-0.2, -0.15) is 13.2 Å². The highest BCUT2D eigenvalue weighted by Crippen LogP contribution is 2.29. The third-order valence-corrected chi connectivity index (χ3v) is 4.85. The summed E-state index contributed by atoms with van der Waals surface area (Å²) in [5.74, 6) is -0.912. The topological polar surface area (TPSA) is 55.4 Å². The summed E-state index contributed by atoms with van der Waals surface area (Å²) < 4.78 is 42.7. The molecule has 1 N–H and O–H groups in total. The number of carbonyl (C=O) groups is 2. The molecule has 30 heavy (non-hydrogen) atoms. The van der Waals surface area contributed by atoms with Crippen molar-refractivity contribution in [1.82, 2.24) is 5.32 Å². The van der Waals surface area contributed by atoms with Gasteiger partial charge in [0.25, 0.3) is 5.91 Å². The second kappa shape index (κ2) is 14.9. The predicted molar refractivity (Wildman–Crippen MR) is 111 cm³/mol. The molecule has 0 unspecified atom stereocenters. The van der Waals surface area contributed by atoms with E-state index in [-0.39, 0.29) is 18.5 Å². The first kappa shape index (κ1) is 26.0. The van der Waals surface area contributed by atoms with Gasteiger partial charge in [-0.1, -0.05) is 64.7 Å². The van der Waals surface area contributed by atoms with Crippen molar-refractivity contribution in [3.05, 3.63) is 35.4 Å². The molecular formula is C23H34F3NO3. The van der Waals surface area contributed by atoms with Gasteiger partial charge in [0.1, 0.15) is 0 Å². The summed E-state index contributed by atoms with van der Waals surface area (Å²) in [4.78, 5) is 23.6. The molecule has 0 saturated heterocycles. The Morgan fingerprint density at radius 3 is 1.93 bits per heavy atom. The van der Waals surface area contributed by atoms with Crippen LogP contribution in [0, 0.1) is 0 Å². The molecule has 1 aromatic rings. The van der Waals surface area contributed by atoms with Crippen LogP contribution in [0.3, 0.4) is 0 Å². The molecule has 1 rings (SSSR count). The van der Waals surface area contributed by atoms with Crippen LogP contribution in [-0.4, -0.2) is 25.0 Å². The number of halogens is 3. The van der Waals surface area contributed by atoms with Gasteiger partial charge in [-0.3, -0.25) is 9.59 Å².